The van der Waals surface area contributed by atoms with Gasteiger partial charge in [0.05, 0.1) is 36.7 Å². The first-order chi connectivity index (χ1) is 13.4. The number of ketones is 1. The minimum absolute atomic E-state index is 0.137. The summed E-state index contributed by atoms with van der Waals surface area (Å²) in [6.07, 6.45) is 1.50. The molecule has 0 spiro atoms. The van der Waals surface area contributed by atoms with E-state index in [4.69, 9.17) is 9.47 Å². The van der Waals surface area contributed by atoms with Gasteiger partial charge >= 0.3 is 5.97 Å². The number of carbonyl (C=O) groups excluding carboxylic acids is 2. The van der Waals surface area contributed by atoms with E-state index in [0.717, 1.165) is 4.31 Å². The molecule has 1 heterocycles. The van der Waals surface area contributed by atoms with Gasteiger partial charge in [0.2, 0.25) is 0 Å². The van der Waals surface area contributed by atoms with E-state index < -0.39 is 17.2 Å². The summed E-state index contributed by atoms with van der Waals surface area (Å²) in [6, 6.07) is 9.61. The summed E-state index contributed by atoms with van der Waals surface area (Å²) in [7, 11) is 2.68. The van der Waals surface area contributed by atoms with Gasteiger partial charge in [-0.3, -0.25) is 9.35 Å². The number of hydrogen-bond donors (Lipinski definition) is 2. The molecule has 146 valence electrons. The van der Waals surface area contributed by atoms with E-state index in [1.54, 1.807) is 24.3 Å². The molecule has 0 aliphatic rings. The van der Waals surface area contributed by atoms with Crippen molar-refractivity contribution in [1.82, 2.24) is 4.98 Å². The van der Waals surface area contributed by atoms with Gasteiger partial charge in [0.25, 0.3) is 11.3 Å². The molecular weight excluding hydrogens is 384 g/mol. The van der Waals surface area contributed by atoms with E-state index in [2.05, 4.69) is 4.98 Å². The molecule has 8 nitrogen and oxygen atoms in total. The van der Waals surface area contributed by atoms with E-state index in [-0.39, 0.29) is 17.0 Å². The molecule has 0 amide bonds. The lowest BCUT2D eigenvalue weighted by atomic mass is 10.1. The first kappa shape index (κ1) is 19.6. The molecule has 2 N–H and O–H groups in total. The largest absolute Gasteiger partial charge is 0.495 e. The van der Waals surface area contributed by atoms with Gasteiger partial charge in [0.1, 0.15) is 5.75 Å². The van der Waals surface area contributed by atoms with Crippen molar-refractivity contribution in [3.8, 4) is 5.75 Å². The average Bonchev–Trinajstić information content (AvgIpc) is 3.12. The zero-order chi connectivity index (χ0) is 20.4. The Hall–Kier alpha value is -3.17. The molecule has 28 heavy (non-hydrogen) atoms. The number of nitrogens with one attached hydrogen (secondary N) is 1. The Morgan fingerprint density at radius 2 is 1.86 bits per heavy atom. The van der Waals surface area contributed by atoms with Gasteiger partial charge in [-0.15, -0.1) is 0 Å². The zero-order valence-corrected chi connectivity index (χ0v) is 16.2. The topological polar surface area (TPSA) is 109 Å². The third-order valence-corrected chi connectivity index (χ3v) is 4.95. The number of methoxy groups -OCH3 is 2. The predicted molar refractivity (Wildman–Crippen MR) is 106 cm³/mol. The van der Waals surface area contributed by atoms with Crippen molar-refractivity contribution in [2.45, 2.75) is 6.92 Å². The van der Waals surface area contributed by atoms with E-state index in [1.807, 2.05) is 0 Å². The summed E-state index contributed by atoms with van der Waals surface area (Å²) < 4.78 is 33.5. The number of rotatable bonds is 6. The maximum atomic E-state index is 12.3. The van der Waals surface area contributed by atoms with Crippen molar-refractivity contribution < 1.29 is 27.8 Å². The highest BCUT2D eigenvalue weighted by molar-refractivity contribution is 7.81. The van der Waals surface area contributed by atoms with Crippen LogP contribution in [-0.2, 0) is 16.0 Å². The van der Waals surface area contributed by atoms with Crippen LogP contribution in [0, 0.1) is 0 Å². The van der Waals surface area contributed by atoms with Gasteiger partial charge in [-0.2, -0.15) is 0 Å². The normalized spacial score (nSPS) is 11.9. The number of ether oxygens (including phenoxy) is 2. The highest BCUT2D eigenvalue weighted by Crippen LogP contribution is 2.39. The number of aromatic amines is 1. The number of anilines is 2. The molecule has 3 aromatic rings. The van der Waals surface area contributed by atoms with Crippen LogP contribution in [0.5, 0.6) is 5.75 Å². The van der Waals surface area contributed by atoms with E-state index in [1.165, 1.54) is 39.5 Å². The number of Topliss-reactive ketones (excluding diaryl/α,β-unsaturated/α-hetero) is 1. The third-order valence-electron chi connectivity index (χ3n) is 4.25. The number of nitrogens with zero attached hydrogens (tertiary/aromatic N) is 1. The Morgan fingerprint density at radius 3 is 2.46 bits per heavy atom. The smallest absolute Gasteiger partial charge is 0.337 e. The summed E-state index contributed by atoms with van der Waals surface area (Å²) in [5.74, 6) is -0.490. The van der Waals surface area contributed by atoms with Crippen LogP contribution < -0.4 is 9.04 Å². The summed E-state index contributed by atoms with van der Waals surface area (Å²) in [4.78, 5) is 27.1. The van der Waals surface area contributed by atoms with E-state index >= 15 is 0 Å². The number of benzene rings is 2. The van der Waals surface area contributed by atoms with Crippen LogP contribution in [0.15, 0.2) is 42.6 Å². The molecule has 0 aliphatic carbocycles. The second-order valence-electron chi connectivity index (χ2n) is 5.86. The van der Waals surface area contributed by atoms with Gasteiger partial charge in [0, 0.05) is 17.1 Å². The van der Waals surface area contributed by atoms with Crippen molar-refractivity contribution in [2.24, 2.45) is 0 Å². The Labute approximate surface area is 163 Å². The fourth-order valence-corrected chi connectivity index (χ4v) is 3.63. The number of H-pyrrole nitrogens is 1. The summed E-state index contributed by atoms with van der Waals surface area (Å²) in [5.41, 5.74) is 1.44. The van der Waals surface area contributed by atoms with E-state index in [0.29, 0.717) is 27.9 Å². The molecule has 0 saturated carbocycles. The second-order valence-corrected chi connectivity index (χ2v) is 6.69. The van der Waals surface area contributed by atoms with Crippen LogP contribution in [0.2, 0.25) is 0 Å². The SMILES string of the molecule is COC(=O)c1cc(N(c2ccccc2OC)S(=O)O)c2[nH]cc(C(C)=O)c2c1. The van der Waals surface area contributed by atoms with Crippen molar-refractivity contribution in [2.75, 3.05) is 18.5 Å². The highest BCUT2D eigenvalue weighted by atomic mass is 32.2. The molecule has 9 heteroatoms. The fraction of sp³-hybridized carbons (Fsp3) is 0.158. The van der Waals surface area contributed by atoms with Gasteiger partial charge in [0.15, 0.2) is 5.78 Å². The fourth-order valence-electron chi connectivity index (χ4n) is 3.00. The molecule has 0 bridgehead atoms. The Bertz CT molecular complexity index is 1090. The van der Waals surface area contributed by atoms with Crippen molar-refractivity contribution >= 4 is 45.3 Å². The summed E-state index contributed by atoms with van der Waals surface area (Å²) >= 11 is -2.50. The molecule has 0 radical (unpaired) electrons. The Balaban J connectivity index is 2.37. The number of hydrogen-bond acceptors (Lipinski definition) is 5. The van der Waals surface area contributed by atoms with Gasteiger partial charge < -0.3 is 14.5 Å². The Morgan fingerprint density at radius 1 is 1.14 bits per heavy atom. The van der Waals surface area contributed by atoms with Gasteiger partial charge in [-0.25, -0.2) is 13.3 Å². The predicted octanol–water partition coefficient (Wildman–Crippen LogP) is 3.44. The molecule has 0 fully saturated rings. The Kier molecular flexibility index (Phi) is 5.48. The van der Waals surface area contributed by atoms with Crippen molar-refractivity contribution in [3.63, 3.8) is 0 Å². The monoisotopic (exact) mass is 402 g/mol. The molecule has 1 aromatic heterocycles. The van der Waals surface area contributed by atoms with Crippen LogP contribution in [0.1, 0.15) is 27.6 Å². The lowest BCUT2D eigenvalue weighted by molar-refractivity contribution is 0.0600. The van der Waals surface area contributed by atoms with Crippen molar-refractivity contribution in [3.05, 3.63) is 53.7 Å². The number of carbonyl (C=O) groups is 2. The minimum Gasteiger partial charge on any atom is -0.495 e. The van der Waals surface area contributed by atoms with E-state index in [9.17, 15) is 18.4 Å². The first-order valence-electron chi connectivity index (χ1n) is 8.17. The molecule has 1 unspecified atom stereocenters. The summed E-state index contributed by atoms with van der Waals surface area (Å²) in [5, 5.41) is 0.441. The molecule has 3 rings (SSSR count). The summed E-state index contributed by atoms with van der Waals surface area (Å²) in [6.45, 7) is 1.40. The number of esters is 1. The third kappa shape index (κ3) is 3.37. The maximum Gasteiger partial charge on any atom is 0.337 e. The first-order valence-corrected chi connectivity index (χ1v) is 9.24. The van der Waals surface area contributed by atoms with Crippen LogP contribution in [-0.4, -0.2) is 39.7 Å². The van der Waals surface area contributed by atoms with Crippen LogP contribution >= 0.6 is 0 Å². The number of fused-ring (bicyclic) bond motifs is 1. The second kappa shape index (κ2) is 7.83. The van der Waals surface area contributed by atoms with Gasteiger partial charge in [-0.1, -0.05) is 12.1 Å². The van der Waals surface area contributed by atoms with Crippen LogP contribution in [0.3, 0.4) is 0 Å². The molecule has 0 aliphatic heterocycles. The van der Waals surface area contributed by atoms with Crippen LogP contribution in [0.4, 0.5) is 11.4 Å². The number of aromatic nitrogens is 1. The number of para-hydroxylation sites is 2. The van der Waals surface area contributed by atoms with Crippen LogP contribution in [0.25, 0.3) is 10.9 Å². The zero-order valence-electron chi connectivity index (χ0n) is 15.4. The molecule has 1 atom stereocenters. The highest BCUT2D eigenvalue weighted by Gasteiger charge is 2.25. The van der Waals surface area contributed by atoms with Crippen molar-refractivity contribution in [1.29, 1.82) is 0 Å². The maximum absolute atomic E-state index is 12.3. The molecule has 2 aromatic carbocycles. The molecular formula is C19H18N2O6S. The lowest BCUT2D eigenvalue weighted by Gasteiger charge is -2.23. The quantitative estimate of drug-likeness (QED) is 0.371. The van der Waals surface area contributed by atoms with Gasteiger partial charge in [-0.05, 0) is 31.2 Å². The minimum atomic E-state index is -2.50. The lowest BCUT2D eigenvalue weighted by Crippen LogP contribution is -2.21. The molecule has 0 saturated heterocycles. The standard InChI is InChI=1S/C19H18N2O6S/c1-11(22)14-10-20-18-13(14)8-12(19(23)27-3)9-16(18)21(28(24)25)15-6-4-5-7-17(15)26-2/h4-10,20H,1-3H3,(H,24,25). The average molecular weight is 402 g/mol.